The van der Waals surface area contributed by atoms with Crippen molar-refractivity contribution >= 4 is 5.91 Å². The molecule has 0 radical (unpaired) electrons. The van der Waals surface area contributed by atoms with Crippen LogP contribution in [0.4, 0.5) is 0 Å². The van der Waals surface area contributed by atoms with Crippen molar-refractivity contribution in [2.75, 3.05) is 0 Å². The minimum Gasteiger partial charge on any atom is -0.489 e. The number of aryl methyl sites for hydroxylation is 2. The summed E-state index contributed by atoms with van der Waals surface area (Å²) in [5.74, 6) is 1.09. The van der Waals surface area contributed by atoms with Crippen LogP contribution in [0.25, 0.3) is 0 Å². The Morgan fingerprint density at radius 3 is 2.57 bits per heavy atom. The molecule has 0 aliphatic carbocycles. The lowest BCUT2D eigenvalue weighted by molar-refractivity contribution is 0.0932. The third-order valence-electron chi connectivity index (χ3n) is 3.02. The molecular formula is C16H20N2O3. The Morgan fingerprint density at radius 1 is 1.29 bits per heavy atom. The number of nitrogens with zero attached hydrogens (tertiary/aromatic N) is 1. The summed E-state index contributed by atoms with van der Waals surface area (Å²) in [6.07, 6.45) is 0. The van der Waals surface area contributed by atoms with Crippen molar-refractivity contribution in [2.24, 2.45) is 0 Å². The number of carbonyl (C=O) groups excluding carboxylic acids is 1. The summed E-state index contributed by atoms with van der Waals surface area (Å²) < 4.78 is 10.8. The Kier molecular flexibility index (Phi) is 4.62. The van der Waals surface area contributed by atoms with Gasteiger partial charge in [0.25, 0.3) is 5.91 Å². The molecule has 1 aromatic heterocycles. The van der Waals surface area contributed by atoms with Crippen molar-refractivity contribution in [3.05, 3.63) is 46.8 Å². The number of ether oxygens (including phenoxy) is 1. The van der Waals surface area contributed by atoms with Crippen LogP contribution in [-0.2, 0) is 6.61 Å². The lowest BCUT2D eigenvalue weighted by Gasteiger charge is -2.09. The Balaban J connectivity index is 2.11. The zero-order valence-electron chi connectivity index (χ0n) is 12.8. The van der Waals surface area contributed by atoms with Gasteiger partial charge in [0.05, 0.1) is 5.56 Å². The van der Waals surface area contributed by atoms with Gasteiger partial charge >= 0.3 is 0 Å². The van der Waals surface area contributed by atoms with E-state index in [0.717, 1.165) is 5.75 Å². The summed E-state index contributed by atoms with van der Waals surface area (Å²) in [4.78, 5) is 12.1. The highest BCUT2D eigenvalue weighted by Gasteiger charge is 2.20. The lowest BCUT2D eigenvalue weighted by atomic mass is 10.2. The minimum absolute atomic E-state index is 0.0420. The van der Waals surface area contributed by atoms with Crippen molar-refractivity contribution in [3.8, 4) is 5.75 Å². The molecule has 0 aliphatic heterocycles. The predicted molar refractivity (Wildman–Crippen MR) is 79.4 cm³/mol. The average Bonchev–Trinajstić information content (AvgIpc) is 2.79. The fraction of sp³-hybridized carbons (Fsp3) is 0.375. The van der Waals surface area contributed by atoms with Crippen LogP contribution in [0.5, 0.6) is 5.75 Å². The number of aromatic nitrogens is 1. The summed E-state index contributed by atoms with van der Waals surface area (Å²) in [6.45, 7) is 7.83. The van der Waals surface area contributed by atoms with Crippen LogP contribution in [0.2, 0.25) is 0 Å². The van der Waals surface area contributed by atoms with Crippen molar-refractivity contribution in [1.29, 1.82) is 0 Å². The molecule has 0 saturated carbocycles. The van der Waals surface area contributed by atoms with Crippen LogP contribution < -0.4 is 10.1 Å². The number of amides is 1. The van der Waals surface area contributed by atoms with Gasteiger partial charge in [-0.05, 0) is 39.8 Å². The first-order valence-electron chi connectivity index (χ1n) is 6.93. The summed E-state index contributed by atoms with van der Waals surface area (Å²) >= 11 is 0. The first-order valence-corrected chi connectivity index (χ1v) is 6.93. The molecule has 0 fully saturated rings. The Morgan fingerprint density at radius 2 is 1.95 bits per heavy atom. The normalized spacial score (nSPS) is 10.7. The van der Waals surface area contributed by atoms with E-state index < -0.39 is 0 Å². The number of hydrogen-bond donors (Lipinski definition) is 1. The van der Waals surface area contributed by atoms with Crippen LogP contribution in [0, 0.1) is 13.8 Å². The van der Waals surface area contributed by atoms with E-state index in [1.54, 1.807) is 6.92 Å². The summed E-state index contributed by atoms with van der Waals surface area (Å²) in [7, 11) is 0. The molecule has 112 valence electrons. The van der Waals surface area contributed by atoms with Gasteiger partial charge in [0.2, 0.25) is 0 Å². The molecule has 0 spiro atoms. The molecule has 2 aromatic rings. The lowest BCUT2D eigenvalue weighted by Crippen LogP contribution is -2.31. The van der Waals surface area contributed by atoms with E-state index in [0.29, 0.717) is 11.3 Å². The zero-order chi connectivity index (χ0) is 15.4. The molecule has 0 saturated heterocycles. The molecule has 1 amide bonds. The standard InChI is InChI=1S/C16H20N2O3/c1-10(2)17-16(19)15-14(12(4)21-18-15)9-20-13-7-5-11(3)6-8-13/h5-8,10H,9H2,1-4H3,(H,17,19). The quantitative estimate of drug-likeness (QED) is 0.918. The maximum atomic E-state index is 12.1. The van der Waals surface area contributed by atoms with Gasteiger partial charge in [0.15, 0.2) is 5.69 Å². The zero-order valence-corrected chi connectivity index (χ0v) is 12.8. The second kappa shape index (κ2) is 6.43. The maximum Gasteiger partial charge on any atom is 0.274 e. The van der Waals surface area contributed by atoms with Crippen molar-refractivity contribution in [3.63, 3.8) is 0 Å². The molecule has 21 heavy (non-hydrogen) atoms. The number of benzene rings is 1. The monoisotopic (exact) mass is 288 g/mol. The molecule has 5 heteroatoms. The molecular weight excluding hydrogens is 268 g/mol. The molecule has 0 aliphatic rings. The van der Waals surface area contributed by atoms with Gasteiger partial charge in [-0.15, -0.1) is 0 Å². The first-order chi connectivity index (χ1) is 9.97. The topological polar surface area (TPSA) is 64.4 Å². The highest BCUT2D eigenvalue weighted by molar-refractivity contribution is 5.93. The van der Waals surface area contributed by atoms with Gasteiger partial charge < -0.3 is 14.6 Å². The second-order valence-electron chi connectivity index (χ2n) is 5.30. The molecule has 1 heterocycles. The average molecular weight is 288 g/mol. The highest BCUT2D eigenvalue weighted by Crippen LogP contribution is 2.18. The first kappa shape index (κ1) is 15.1. The van der Waals surface area contributed by atoms with Gasteiger partial charge in [-0.3, -0.25) is 4.79 Å². The highest BCUT2D eigenvalue weighted by atomic mass is 16.5. The van der Waals surface area contributed by atoms with Gasteiger partial charge in [-0.25, -0.2) is 0 Å². The molecule has 0 unspecified atom stereocenters. The van der Waals surface area contributed by atoms with Gasteiger partial charge in [0.1, 0.15) is 18.1 Å². The molecule has 1 N–H and O–H groups in total. The van der Waals surface area contributed by atoms with Crippen LogP contribution >= 0.6 is 0 Å². The van der Waals surface area contributed by atoms with Crippen LogP contribution in [-0.4, -0.2) is 17.1 Å². The van der Waals surface area contributed by atoms with Crippen LogP contribution in [0.15, 0.2) is 28.8 Å². The van der Waals surface area contributed by atoms with Crippen LogP contribution in [0.1, 0.15) is 41.2 Å². The SMILES string of the molecule is Cc1ccc(OCc2c(C(=O)NC(C)C)noc2C)cc1. The second-order valence-corrected chi connectivity index (χ2v) is 5.30. The Hall–Kier alpha value is -2.30. The van der Waals surface area contributed by atoms with E-state index in [1.807, 2.05) is 45.0 Å². The van der Waals surface area contributed by atoms with E-state index in [-0.39, 0.29) is 24.2 Å². The van der Waals surface area contributed by atoms with Crippen molar-refractivity contribution in [1.82, 2.24) is 10.5 Å². The van der Waals surface area contributed by atoms with Gasteiger partial charge in [-0.2, -0.15) is 0 Å². The van der Waals surface area contributed by atoms with Crippen molar-refractivity contribution in [2.45, 2.75) is 40.3 Å². The molecule has 0 atom stereocenters. The smallest absolute Gasteiger partial charge is 0.274 e. The summed E-state index contributed by atoms with van der Waals surface area (Å²) in [6, 6.07) is 7.78. The molecule has 1 aromatic carbocycles. The van der Waals surface area contributed by atoms with Crippen molar-refractivity contribution < 1.29 is 14.1 Å². The molecule has 0 bridgehead atoms. The Bertz CT molecular complexity index is 615. The van der Waals surface area contributed by atoms with Gasteiger partial charge in [-0.1, -0.05) is 22.9 Å². The summed E-state index contributed by atoms with van der Waals surface area (Å²) in [5.41, 5.74) is 2.13. The number of carbonyl (C=O) groups is 1. The van der Waals surface area contributed by atoms with E-state index in [2.05, 4.69) is 10.5 Å². The van der Waals surface area contributed by atoms with Gasteiger partial charge in [0, 0.05) is 6.04 Å². The number of nitrogens with one attached hydrogen (secondary N) is 1. The molecule has 5 nitrogen and oxygen atoms in total. The number of hydrogen-bond acceptors (Lipinski definition) is 4. The van der Waals surface area contributed by atoms with E-state index >= 15 is 0 Å². The van der Waals surface area contributed by atoms with E-state index in [1.165, 1.54) is 5.56 Å². The maximum absolute atomic E-state index is 12.1. The number of rotatable bonds is 5. The van der Waals surface area contributed by atoms with E-state index in [9.17, 15) is 4.79 Å². The fourth-order valence-electron chi connectivity index (χ4n) is 1.86. The third-order valence-corrected chi connectivity index (χ3v) is 3.02. The minimum atomic E-state index is -0.246. The fourth-order valence-corrected chi connectivity index (χ4v) is 1.86. The predicted octanol–water partition coefficient (Wildman–Crippen LogP) is 3.01. The van der Waals surface area contributed by atoms with Crippen LogP contribution in [0.3, 0.4) is 0 Å². The third kappa shape index (κ3) is 3.84. The van der Waals surface area contributed by atoms with E-state index in [4.69, 9.17) is 9.26 Å². The molecule has 2 rings (SSSR count). The Labute approximate surface area is 124 Å². The largest absolute Gasteiger partial charge is 0.489 e. The summed E-state index contributed by atoms with van der Waals surface area (Å²) in [5, 5.41) is 6.63.